The lowest BCUT2D eigenvalue weighted by Crippen LogP contribution is -2.31. The van der Waals surface area contributed by atoms with Crippen molar-refractivity contribution in [2.45, 2.75) is 45.0 Å². The Bertz CT molecular complexity index is 631. The predicted octanol–water partition coefficient (Wildman–Crippen LogP) is 3.93. The number of pyridine rings is 1. The molecule has 2 aromatic heterocycles. The molecule has 4 nitrogen and oxygen atoms in total. The fraction of sp³-hybridized carbons (Fsp3) is 0.600. The van der Waals surface area contributed by atoms with Crippen LogP contribution in [0, 0.1) is 5.41 Å². The fourth-order valence-corrected chi connectivity index (χ4v) is 3.06. The van der Waals surface area contributed by atoms with E-state index in [4.69, 9.17) is 16.3 Å². The van der Waals surface area contributed by atoms with E-state index in [1.165, 1.54) is 19.3 Å². The van der Waals surface area contributed by atoms with E-state index in [-0.39, 0.29) is 5.38 Å². The molecule has 0 aromatic carbocycles. The van der Waals surface area contributed by atoms with Crippen LogP contribution in [0.5, 0.6) is 5.88 Å². The van der Waals surface area contributed by atoms with Crippen LogP contribution < -0.4 is 4.74 Å². The van der Waals surface area contributed by atoms with Crippen LogP contribution in [0.3, 0.4) is 0 Å². The number of ether oxygens (including phenoxy) is 1. The molecule has 0 amide bonds. The molecule has 1 saturated carbocycles. The molecule has 0 saturated heterocycles. The van der Waals surface area contributed by atoms with E-state index in [9.17, 15) is 0 Å². The third kappa shape index (κ3) is 2.26. The minimum absolute atomic E-state index is 0.126. The van der Waals surface area contributed by atoms with Gasteiger partial charge in [-0.3, -0.25) is 0 Å². The molecule has 1 aliphatic carbocycles. The average molecular weight is 294 g/mol. The van der Waals surface area contributed by atoms with Crippen LogP contribution in [0.2, 0.25) is 0 Å². The lowest BCUT2D eigenvalue weighted by Gasteiger charge is -2.39. The highest BCUT2D eigenvalue weighted by Gasteiger charge is 2.34. The van der Waals surface area contributed by atoms with Gasteiger partial charge in [0.05, 0.1) is 12.5 Å². The molecule has 1 atom stereocenters. The van der Waals surface area contributed by atoms with E-state index in [0.717, 1.165) is 23.5 Å². The third-order valence-corrected chi connectivity index (χ3v) is 4.46. The Balaban J connectivity index is 2.11. The Morgan fingerprint density at radius 3 is 2.70 bits per heavy atom. The zero-order chi connectivity index (χ0) is 14.3. The number of imidazole rings is 1. The average Bonchev–Trinajstić information content (AvgIpc) is 2.75. The van der Waals surface area contributed by atoms with Crippen LogP contribution in [0.1, 0.15) is 44.3 Å². The summed E-state index contributed by atoms with van der Waals surface area (Å²) in [6, 6.07) is 3.79. The van der Waals surface area contributed by atoms with Gasteiger partial charge in [0.2, 0.25) is 5.88 Å². The monoisotopic (exact) mass is 293 g/mol. The van der Waals surface area contributed by atoms with Crippen molar-refractivity contribution >= 4 is 22.8 Å². The van der Waals surface area contributed by atoms with Crippen LogP contribution in [0.25, 0.3) is 11.2 Å². The van der Waals surface area contributed by atoms with E-state index in [2.05, 4.69) is 21.5 Å². The van der Waals surface area contributed by atoms with Crippen molar-refractivity contribution in [2.24, 2.45) is 5.41 Å². The molecule has 0 bridgehead atoms. The van der Waals surface area contributed by atoms with Crippen LogP contribution >= 0.6 is 11.6 Å². The SMILES string of the molecule is COc1ccc2nc(C(C)Cl)n(CC3(C)CCC3)c2n1. The first kappa shape index (κ1) is 13.7. The lowest BCUT2D eigenvalue weighted by atomic mass is 9.70. The first-order chi connectivity index (χ1) is 9.52. The first-order valence-corrected chi connectivity index (χ1v) is 7.51. The predicted molar refractivity (Wildman–Crippen MR) is 80.3 cm³/mol. The minimum atomic E-state index is -0.126. The molecule has 1 unspecified atom stereocenters. The molecule has 2 aromatic rings. The maximum Gasteiger partial charge on any atom is 0.215 e. The van der Waals surface area contributed by atoms with Gasteiger partial charge in [-0.1, -0.05) is 13.3 Å². The molecular weight excluding hydrogens is 274 g/mol. The van der Waals surface area contributed by atoms with Gasteiger partial charge in [-0.2, -0.15) is 4.98 Å². The maximum absolute atomic E-state index is 6.30. The Morgan fingerprint density at radius 1 is 1.40 bits per heavy atom. The van der Waals surface area contributed by atoms with Gasteiger partial charge >= 0.3 is 0 Å². The van der Waals surface area contributed by atoms with Gasteiger partial charge in [0.15, 0.2) is 5.65 Å². The molecule has 0 N–H and O–H groups in total. The van der Waals surface area contributed by atoms with Crippen LogP contribution in [-0.2, 0) is 6.54 Å². The van der Waals surface area contributed by atoms with E-state index >= 15 is 0 Å². The lowest BCUT2D eigenvalue weighted by molar-refractivity contribution is 0.132. The Labute approximate surface area is 124 Å². The summed E-state index contributed by atoms with van der Waals surface area (Å²) in [5.74, 6) is 1.52. The van der Waals surface area contributed by atoms with Crippen molar-refractivity contribution in [3.8, 4) is 5.88 Å². The fourth-order valence-electron chi connectivity index (χ4n) is 2.90. The highest BCUT2D eigenvalue weighted by Crippen LogP contribution is 2.43. The molecular formula is C15H20ClN3O. The van der Waals surface area contributed by atoms with E-state index < -0.39 is 0 Å². The summed E-state index contributed by atoms with van der Waals surface area (Å²) in [5, 5.41) is -0.126. The highest BCUT2D eigenvalue weighted by atomic mass is 35.5. The Kier molecular flexibility index (Phi) is 3.36. The molecule has 3 rings (SSSR count). The second kappa shape index (κ2) is 4.92. The summed E-state index contributed by atoms with van der Waals surface area (Å²) in [6.45, 7) is 5.21. The van der Waals surface area contributed by atoms with Gasteiger partial charge in [-0.05, 0) is 31.2 Å². The summed E-state index contributed by atoms with van der Waals surface area (Å²) in [5.41, 5.74) is 2.11. The summed E-state index contributed by atoms with van der Waals surface area (Å²) in [6.07, 6.45) is 3.82. The molecule has 1 fully saturated rings. The van der Waals surface area contributed by atoms with Gasteiger partial charge in [0.1, 0.15) is 11.3 Å². The standard InChI is InChI=1S/C15H20ClN3O/c1-10(16)13-17-11-5-6-12(20-3)18-14(11)19(13)9-15(2)7-4-8-15/h5-6,10H,4,7-9H2,1-3H3. The maximum atomic E-state index is 6.30. The Hall–Kier alpha value is -1.29. The second-order valence-electron chi connectivity index (χ2n) is 6.03. The summed E-state index contributed by atoms with van der Waals surface area (Å²) < 4.78 is 7.41. The van der Waals surface area contributed by atoms with Gasteiger partial charge in [0, 0.05) is 12.6 Å². The van der Waals surface area contributed by atoms with Crippen molar-refractivity contribution in [1.29, 1.82) is 0 Å². The normalized spacial score (nSPS) is 18.8. The van der Waals surface area contributed by atoms with Gasteiger partial charge in [-0.15, -0.1) is 11.6 Å². The number of hydrogen-bond donors (Lipinski definition) is 0. The quantitative estimate of drug-likeness (QED) is 0.802. The van der Waals surface area contributed by atoms with Crippen LogP contribution in [0.4, 0.5) is 0 Å². The number of halogens is 1. The summed E-state index contributed by atoms with van der Waals surface area (Å²) in [4.78, 5) is 9.20. The molecule has 2 heterocycles. The third-order valence-electron chi connectivity index (χ3n) is 4.26. The first-order valence-electron chi connectivity index (χ1n) is 7.08. The molecule has 20 heavy (non-hydrogen) atoms. The van der Waals surface area contributed by atoms with Crippen LogP contribution in [0.15, 0.2) is 12.1 Å². The smallest absolute Gasteiger partial charge is 0.215 e. The number of hydrogen-bond acceptors (Lipinski definition) is 3. The molecule has 108 valence electrons. The van der Waals surface area contributed by atoms with E-state index in [0.29, 0.717) is 11.3 Å². The molecule has 0 spiro atoms. The zero-order valence-electron chi connectivity index (χ0n) is 12.2. The van der Waals surface area contributed by atoms with Gasteiger partial charge in [0.25, 0.3) is 0 Å². The molecule has 1 aliphatic rings. The summed E-state index contributed by atoms with van der Waals surface area (Å²) in [7, 11) is 1.63. The number of aromatic nitrogens is 3. The second-order valence-corrected chi connectivity index (χ2v) is 6.69. The van der Waals surface area contributed by atoms with E-state index in [1.807, 2.05) is 19.1 Å². The van der Waals surface area contributed by atoms with E-state index in [1.54, 1.807) is 7.11 Å². The topological polar surface area (TPSA) is 39.9 Å². The van der Waals surface area contributed by atoms with Crippen molar-refractivity contribution < 1.29 is 4.74 Å². The number of alkyl halides is 1. The van der Waals surface area contributed by atoms with Crippen molar-refractivity contribution in [1.82, 2.24) is 14.5 Å². The molecule has 5 heteroatoms. The van der Waals surface area contributed by atoms with Crippen molar-refractivity contribution in [2.75, 3.05) is 7.11 Å². The zero-order valence-corrected chi connectivity index (χ0v) is 12.9. The van der Waals surface area contributed by atoms with Crippen molar-refractivity contribution in [3.05, 3.63) is 18.0 Å². The van der Waals surface area contributed by atoms with Crippen molar-refractivity contribution in [3.63, 3.8) is 0 Å². The number of nitrogens with zero attached hydrogens (tertiary/aromatic N) is 3. The Morgan fingerprint density at radius 2 is 2.15 bits per heavy atom. The minimum Gasteiger partial charge on any atom is -0.481 e. The van der Waals surface area contributed by atoms with Gasteiger partial charge in [-0.25, -0.2) is 4.98 Å². The number of rotatable bonds is 4. The largest absolute Gasteiger partial charge is 0.481 e. The van der Waals surface area contributed by atoms with Gasteiger partial charge < -0.3 is 9.30 Å². The number of methoxy groups -OCH3 is 1. The molecule has 0 aliphatic heterocycles. The number of fused-ring (bicyclic) bond motifs is 1. The molecule has 0 radical (unpaired) electrons. The van der Waals surface area contributed by atoms with Crippen LogP contribution in [-0.4, -0.2) is 21.6 Å². The summed E-state index contributed by atoms with van der Waals surface area (Å²) >= 11 is 6.30. The highest BCUT2D eigenvalue weighted by molar-refractivity contribution is 6.20.